The Morgan fingerprint density at radius 2 is 1.63 bits per heavy atom. The summed E-state index contributed by atoms with van der Waals surface area (Å²) in [5.41, 5.74) is 1.65. The van der Waals surface area contributed by atoms with Gasteiger partial charge in [-0.15, -0.1) is 0 Å². The molecule has 13 heteroatoms. The number of hydrogen-bond donors (Lipinski definition) is 5. The van der Waals surface area contributed by atoms with E-state index in [1.807, 2.05) is 0 Å². The first-order chi connectivity index (χ1) is 14.0. The number of fused-ring (bicyclic) bond motifs is 5. The number of hydrogen-bond acceptors (Lipinski definition) is 7. The Hall–Kier alpha value is -0.700. The van der Waals surface area contributed by atoms with Gasteiger partial charge in [-0.2, -0.15) is 26.3 Å². The molecule has 0 radical (unpaired) electrons. The molecule has 0 aromatic carbocycles. The third kappa shape index (κ3) is 5.03. The normalized spacial score (nSPS) is 42.0. The molecule has 0 aromatic heterocycles. The third-order valence-electron chi connectivity index (χ3n) is 6.01. The van der Waals surface area contributed by atoms with Gasteiger partial charge in [-0.25, -0.2) is 10.9 Å². The van der Waals surface area contributed by atoms with Gasteiger partial charge in [0.1, 0.15) is 12.5 Å². The maximum Gasteiger partial charge on any atom is 0.421 e. The van der Waals surface area contributed by atoms with Gasteiger partial charge in [-0.1, -0.05) is 19.3 Å². The van der Waals surface area contributed by atoms with E-state index in [-0.39, 0.29) is 32.1 Å². The molecule has 0 aromatic rings. The van der Waals surface area contributed by atoms with Gasteiger partial charge in [0.05, 0.1) is 24.7 Å². The third-order valence-corrected chi connectivity index (χ3v) is 6.01. The smallest absolute Gasteiger partial charge is 0.394 e. The first-order valence-electron chi connectivity index (χ1n) is 10.0. The van der Waals surface area contributed by atoms with Crippen molar-refractivity contribution in [1.29, 1.82) is 0 Å². The van der Waals surface area contributed by atoms with Crippen molar-refractivity contribution in [3.8, 4) is 0 Å². The van der Waals surface area contributed by atoms with Crippen LogP contribution in [0.1, 0.15) is 44.9 Å². The molecule has 3 aliphatic rings. The highest BCUT2D eigenvalue weighted by atomic mass is 19.4. The van der Waals surface area contributed by atoms with E-state index in [1.54, 1.807) is 0 Å². The second-order valence-corrected chi connectivity index (χ2v) is 8.11. The number of aliphatic hydroxyl groups excluding tert-OH is 1. The molecule has 3 saturated heterocycles. The number of ether oxygens (including phenoxy) is 2. The highest BCUT2D eigenvalue weighted by Crippen LogP contribution is 2.41. The van der Waals surface area contributed by atoms with E-state index >= 15 is 0 Å². The standard InChI is InChI=1S/C17H27F6N3O4/c18-16(19,20)10-5-6-11-13-25-26-14(30-13)15(28,17(21,22)23)7-3-1-2-4-9(8-27)29-12(10)24-11/h9-14,24-28H,1-8H2/t9-,10?,11?,12?,13?,14?,15+/m0/s1. The summed E-state index contributed by atoms with van der Waals surface area (Å²) in [6.07, 6.45) is -15.0. The van der Waals surface area contributed by atoms with Crippen molar-refractivity contribution in [2.45, 2.75) is 93.7 Å². The molecule has 30 heavy (non-hydrogen) atoms. The first kappa shape index (κ1) is 24.0. The van der Waals surface area contributed by atoms with Crippen molar-refractivity contribution in [3.63, 3.8) is 0 Å². The average Bonchev–Trinajstić information content (AvgIpc) is 3.14. The molecular formula is C17H27F6N3O4. The van der Waals surface area contributed by atoms with Crippen LogP contribution in [0.2, 0.25) is 0 Å². The lowest BCUT2D eigenvalue weighted by Crippen LogP contribution is -2.60. The number of piperidine rings is 1. The maximum atomic E-state index is 13.6. The van der Waals surface area contributed by atoms with Crippen LogP contribution in [0, 0.1) is 5.92 Å². The fourth-order valence-corrected chi connectivity index (χ4v) is 4.20. The molecule has 0 amide bonds. The molecule has 5 unspecified atom stereocenters. The molecular weight excluding hydrogens is 424 g/mol. The number of rotatable bonds is 1. The highest BCUT2D eigenvalue weighted by Gasteiger charge is 2.61. The molecule has 0 spiro atoms. The van der Waals surface area contributed by atoms with E-state index < -0.39 is 67.7 Å². The Kier molecular flexibility index (Phi) is 7.22. The lowest BCUT2D eigenvalue weighted by Gasteiger charge is -2.41. The van der Waals surface area contributed by atoms with Gasteiger partial charge in [-0.05, 0) is 25.7 Å². The van der Waals surface area contributed by atoms with Crippen LogP contribution < -0.4 is 16.2 Å². The largest absolute Gasteiger partial charge is 0.421 e. The number of aliphatic hydroxyl groups is 2. The van der Waals surface area contributed by atoms with Crippen LogP contribution in [-0.4, -0.2) is 65.6 Å². The van der Waals surface area contributed by atoms with Gasteiger partial charge < -0.3 is 19.7 Å². The van der Waals surface area contributed by atoms with Gasteiger partial charge in [0.15, 0.2) is 6.23 Å². The van der Waals surface area contributed by atoms with Crippen LogP contribution in [0.4, 0.5) is 26.3 Å². The molecule has 0 aliphatic carbocycles. The summed E-state index contributed by atoms with van der Waals surface area (Å²) in [7, 11) is 0. The average molecular weight is 451 g/mol. The van der Waals surface area contributed by atoms with Crippen LogP contribution in [0.15, 0.2) is 0 Å². The van der Waals surface area contributed by atoms with Crippen LogP contribution in [0.5, 0.6) is 0 Å². The monoisotopic (exact) mass is 451 g/mol. The highest BCUT2D eigenvalue weighted by molar-refractivity contribution is 4.98. The SMILES string of the molecule is OC[C@@H]1CCCCC[C@](O)(C(F)(F)F)C2NNC(O2)C2CCC(C(F)(F)F)C(N2)O1. The van der Waals surface area contributed by atoms with Crippen molar-refractivity contribution in [3.05, 3.63) is 0 Å². The molecule has 176 valence electrons. The Labute approximate surface area is 169 Å². The Bertz CT molecular complexity index is 581. The minimum absolute atomic E-state index is 0.0106. The summed E-state index contributed by atoms with van der Waals surface area (Å²) in [6.45, 7) is -0.512. The lowest BCUT2D eigenvalue weighted by atomic mass is 9.90. The van der Waals surface area contributed by atoms with Gasteiger partial charge in [0.2, 0.25) is 5.60 Å². The molecule has 7 nitrogen and oxygen atoms in total. The minimum Gasteiger partial charge on any atom is -0.394 e. The van der Waals surface area contributed by atoms with E-state index in [2.05, 4.69) is 16.2 Å². The van der Waals surface area contributed by atoms with Crippen molar-refractivity contribution >= 4 is 0 Å². The fourth-order valence-electron chi connectivity index (χ4n) is 4.20. The molecule has 3 aliphatic heterocycles. The molecule has 4 bridgehead atoms. The van der Waals surface area contributed by atoms with Gasteiger partial charge in [0.25, 0.3) is 0 Å². The quantitative estimate of drug-likeness (QED) is 0.387. The molecule has 0 saturated carbocycles. The molecule has 3 rings (SSSR count). The predicted molar refractivity (Wildman–Crippen MR) is 90.5 cm³/mol. The lowest BCUT2D eigenvalue weighted by molar-refractivity contribution is -0.301. The zero-order valence-corrected chi connectivity index (χ0v) is 16.1. The second kappa shape index (κ2) is 9.04. The minimum atomic E-state index is -4.97. The Morgan fingerprint density at radius 3 is 2.27 bits per heavy atom. The summed E-state index contributed by atoms with van der Waals surface area (Å²) in [4.78, 5) is 0. The molecule has 3 heterocycles. The Morgan fingerprint density at radius 1 is 0.900 bits per heavy atom. The van der Waals surface area contributed by atoms with Crippen LogP contribution in [0.3, 0.4) is 0 Å². The number of nitrogens with one attached hydrogen (secondary N) is 3. The number of alkyl halides is 6. The summed E-state index contributed by atoms with van der Waals surface area (Å²) >= 11 is 0. The van der Waals surface area contributed by atoms with Crippen LogP contribution in [-0.2, 0) is 9.47 Å². The van der Waals surface area contributed by atoms with E-state index in [0.717, 1.165) is 0 Å². The van der Waals surface area contributed by atoms with E-state index in [1.165, 1.54) is 0 Å². The van der Waals surface area contributed by atoms with E-state index in [0.29, 0.717) is 6.42 Å². The topological polar surface area (TPSA) is 95.0 Å². The second-order valence-electron chi connectivity index (χ2n) is 8.11. The molecule has 7 atom stereocenters. The molecule has 5 N–H and O–H groups in total. The van der Waals surface area contributed by atoms with Crippen molar-refractivity contribution in [2.75, 3.05) is 6.61 Å². The maximum absolute atomic E-state index is 13.6. The van der Waals surface area contributed by atoms with Gasteiger partial charge in [0, 0.05) is 0 Å². The summed E-state index contributed by atoms with van der Waals surface area (Å²) in [6, 6.07) is -0.800. The first-order valence-corrected chi connectivity index (χ1v) is 10.0. The summed E-state index contributed by atoms with van der Waals surface area (Å²) in [5, 5.41) is 22.6. The van der Waals surface area contributed by atoms with E-state index in [9.17, 15) is 36.6 Å². The zero-order chi connectivity index (χ0) is 22.2. The van der Waals surface area contributed by atoms with Crippen molar-refractivity contribution in [1.82, 2.24) is 16.2 Å². The zero-order valence-electron chi connectivity index (χ0n) is 16.1. The summed E-state index contributed by atoms with van der Waals surface area (Å²) < 4.78 is 92.1. The van der Waals surface area contributed by atoms with Crippen LogP contribution in [0.25, 0.3) is 0 Å². The van der Waals surface area contributed by atoms with Crippen molar-refractivity contribution in [2.24, 2.45) is 5.92 Å². The van der Waals surface area contributed by atoms with E-state index in [4.69, 9.17) is 9.47 Å². The number of halogens is 6. The predicted octanol–water partition coefficient (Wildman–Crippen LogP) is 1.65. The summed E-state index contributed by atoms with van der Waals surface area (Å²) in [5.74, 6) is -1.83. The number of hydrazine groups is 1. The Balaban J connectivity index is 1.84. The fraction of sp³-hybridized carbons (Fsp3) is 1.00. The van der Waals surface area contributed by atoms with Gasteiger partial charge in [-0.3, -0.25) is 5.32 Å². The molecule has 3 fully saturated rings. The van der Waals surface area contributed by atoms with Gasteiger partial charge >= 0.3 is 12.4 Å². The van der Waals surface area contributed by atoms with Crippen molar-refractivity contribution < 1.29 is 46.0 Å². The van der Waals surface area contributed by atoms with Crippen LogP contribution >= 0.6 is 0 Å².